The highest BCUT2D eigenvalue weighted by molar-refractivity contribution is 5.77. The topological polar surface area (TPSA) is 78.1 Å². The molecule has 1 fully saturated rings. The van der Waals surface area contributed by atoms with Crippen molar-refractivity contribution < 1.29 is 14.2 Å². The molecule has 0 spiro atoms. The lowest BCUT2D eigenvalue weighted by Crippen LogP contribution is -2.34. The first-order valence-corrected chi connectivity index (χ1v) is 8.01. The summed E-state index contributed by atoms with van der Waals surface area (Å²) in [6.07, 6.45) is 4.63. The second-order valence-corrected chi connectivity index (χ2v) is 5.69. The fourth-order valence-electron chi connectivity index (χ4n) is 2.64. The number of nitrogens with two attached hydrogens (primary N) is 1. The van der Waals surface area contributed by atoms with Gasteiger partial charge in [-0.3, -0.25) is 4.99 Å². The highest BCUT2D eigenvalue weighted by Crippen LogP contribution is 2.39. The number of nitrogens with one attached hydrogen (secondary N) is 1. The van der Waals surface area contributed by atoms with Gasteiger partial charge in [0.25, 0.3) is 0 Å². The van der Waals surface area contributed by atoms with Crippen LogP contribution in [-0.4, -0.2) is 40.4 Å². The molecule has 1 aromatic carbocycles. The quantitative estimate of drug-likeness (QED) is 0.565. The van der Waals surface area contributed by atoms with Crippen molar-refractivity contribution >= 4 is 5.96 Å². The first kappa shape index (κ1) is 17.2. The lowest BCUT2D eigenvalue weighted by molar-refractivity contribution is 0.322. The van der Waals surface area contributed by atoms with Gasteiger partial charge in [0.2, 0.25) is 5.75 Å². The Bertz CT molecular complexity index is 542. The molecule has 0 radical (unpaired) electrons. The van der Waals surface area contributed by atoms with E-state index in [2.05, 4.69) is 10.3 Å². The molecule has 1 aromatic rings. The van der Waals surface area contributed by atoms with Crippen molar-refractivity contribution in [2.24, 2.45) is 16.6 Å². The molecule has 1 saturated carbocycles. The van der Waals surface area contributed by atoms with Crippen LogP contribution in [0, 0.1) is 5.92 Å². The van der Waals surface area contributed by atoms with E-state index in [0.717, 1.165) is 24.4 Å². The van der Waals surface area contributed by atoms with Crippen molar-refractivity contribution in [3.8, 4) is 17.2 Å². The average Bonchev–Trinajstić information content (AvgIpc) is 2.52. The lowest BCUT2D eigenvalue weighted by Gasteiger charge is -2.23. The maximum absolute atomic E-state index is 5.90. The number of nitrogens with zero attached hydrogens (tertiary/aromatic N) is 1. The predicted octanol–water partition coefficient (Wildman–Crippen LogP) is 1.96. The van der Waals surface area contributed by atoms with Crippen LogP contribution in [0.3, 0.4) is 0 Å². The van der Waals surface area contributed by atoms with Crippen LogP contribution in [0.4, 0.5) is 0 Å². The molecule has 0 unspecified atom stereocenters. The van der Waals surface area contributed by atoms with E-state index in [4.69, 9.17) is 19.9 Å². The summed E-state index contributed by atoms with van der Waals surface area (Å²) < 4.78 is 16.2. The second-order valence-electron chi connectivity index (χ2n) is 5.69. The number of guanidine groups is 1. The minimum absolute atomic E-state index is 0.511. The van der Waals surface area contributed by atoms with E-state index in [0.29, 0.717) is 29.8 Å². The van der Waals surface area contributed by atoms with Crippen molar-refractivity contribution in [2.75, 3.05) is 34.4 Å². The third kappa shape index (κ3) is 4.43. The molecule has 23 heavy (non-hydrogen) atoms. The van der Waals surface area contributed by atoms with Crippen molar-refractivity contribution in [3.63, 3.8) is 0 Å². The van der Waals surface area contributed by atoms with Gasteiger partial charge in [-0.2, -0.15) is 0 Å². The summed E-state index contributed by atoms with van der Waals surface area (Å²) in [4.78, 5) is 4.39. The smallest absolute Gasteiger partial charge is 0.203 e. The SMILES string of the molecule is COc1ccc(CCNC(N)=NCC2CCC2)c(OC)c1OC. The zero-order valence-electron chi connectivity index (χ0n) is 14.2. The van der Waals surface area contributed by atoms with Crippen molar-refractivity contribution in [2.45, 2.75) is 25.7 Å². The molecule has 0 bridgehead atoms. The number of ether oxygens (including phenoxy) is 3. The summed E-state index contributed by atoms with van der Waals surface area (Å²) in [5.41, 5.74) is 6.93. The second kappa shape index (κ2) is 8.50. The van der Waals surface area contributed by atoms with Gasteiger partial charge in [-0.05, 0) is 31.2 Å². The molecule has 0 atom stereocenters. The van der Waals surface area contributed by atoms with E-state index in [1.165, 1.54) is 19.3 Å². The van der Waals surface area contributed by atoms with Crippen molar-refractivity contribution in [1.29, 1.82) is 0 Å². The molecule has 6 heteroatoms. The predicted molar refractivity (Wildman–Crippen MR) is 91.6 cm³/mol. The molecular weight excluding hydrogens is 294 g/mol. The molecule has 1 aliphatic rings. The maximum atomic E-state index is 5.90. The molecule has 0 amide bonds. The Balaban J connectivity index is 1.91. The van der Waals surface area contributed by atoms with Crippen LogP contribution in [0.25, 0.3) is 0 Å². The van der Waals surface area contributed by atoms with Crippen LogP contribution in [0.15, 0.2) is 17.1 Å². The van der Waals surface area contributed by atoms with Crippen molar-refractivity contribution in [1.82, 2.24) is 5.32 Å². The summed E-state index contributed by atoms with van der Waals surface area (Å²) in [5.74, 6) is 3.19. The van der Waals surface area contributed by atoms with Crippen LogP contribution >= 0.6 is 0 Å². The fourth-order valence-corrected chi connectivity index (χ4v) is 2.64. The van der Waals surface area contributed by atoms with Crippen LogP contribution in [0.5, 0.6) is 17.2 Å². The minimum atomic E-state index is 0.511. The minimum Gasteiger partial charge on any atom is -0.493 e. The summed E-state index contributed by atoms with van der Waals surface area (Å²) in [5, 5.41) is 3.15. The Morgan fingerprint density at radius 3 is 2.48 bits per heavy atom. The molecule has 3 N–H and O–H groups in total. The van der Waals surface area contributed by atoms with Gasteiger partial charge in [-0.15, -0.1) is 0 Å². The number of benzene rings is 1. The largest absolute Gasteiger partial charge is 0.493 e. The summed E-state index contributed by atoms with van der Waals surface area (Å²) in [7, 11) is 4.84. The molecule has 2 rings (SSSR count). The van der Waals surface area contributed by atoms with E-state index >= 15 is 0 Å². The Labute approximate surface area is 138 Å². The normalized spacial score (nSPS) is 15.0. The molecule has 0 aliphatic heterocycles. The molecule has 0 saturated heterocycles. The van der Waals surface area contributed by atoms with E-state index in [1.54, 1.807) is 21.3 Å². The van der Waals surface area contributed by atoms with E-state index in [-0.39, 0.29) is 0 Å². The van der Waals surface area contributed by atoms with Gasteiger partial charge >= 0.3 is 0 Å². The standard InChI is InChI=1S/C17H27N3O3/c1-21-14-8-7-13(15(22-2)16(14)23-3)9-10-19-17(18)20-11-12-5-4-6-12/h7-8,12H,4-6,9-11H2,1-3H3,(H3,18,19,20). The first-order chi connectivity index (χ1) is 11.2. The van der Waals surface area contributed by atoms with Gasteiger partial charge in [0, 0.05) is 18.7 Å². The van der Waals surface area contributed by atoms with Crippen LogP contribution in [-0.2, 0) is 6.42 Å². The summed E-state index contributed by atoms with van der Waals surface area (Å²) >= 11 is 0. The van der Waals surface area contributed by atoms with Gasteiger partial charge in [0.1, 0.15) is 0 Å². The molecule has 0 heterocycles. The monoisotopic (exact) mass is 321 g/mol. The van der Waals surface area contributed by atoms with Gasteiger partial charge in [-0.1, -0.05) is 12.5 Å². The molecule has 1 aliphatic carbocycles. The maximum Gasteiger partial charge on any atom is 0.203 e. The van der Waals surface area contributed by atoms with Gasteiger partial charge in [-0.25, -0.2) is 0 Å². The van der Waals surface area contributed by atoms with E-state index in [9.17, 15) is 0 Å². The van der Waals surface area contributed by atoms with Crippen LogP contribution < -0.4 is 25.3 Å². The zero-order valence-corrected chi connectivity index (χ0v) is 14.2. The highest BCUT2D eigenvalue weighted by atomic mass is 16.5. The first-order valence-electron chi connectivity index (χ1n) is 8.01. The lowest BCUT2D eigenvalue weighted by atomic mass is 9.86. The van der Waals surface area contributed by atoms with E-state index < -0.39 is 0 Å². The molecule has 6 nitrogen and oxygen atoms in total. The summed E-state index contributed by atoms with van der Waals surface area (Å²) in [6, 6.07) is 3.86. The molecular formula is C17H27N3O3. The summed E-state index contributed by atoms with van der Waals surface area (Å²) in [6.45, 7) is 1.52. The Morgan fingerprint density at radius 2 is 1.91 bits per heavy atom. The average molecular weight is 321 g/mol. The van der Waals surface area contributed by atoms with Crippen molar-refractivity contribution in [3.05, 3.63) is 17.7 Å². The Kier molecular flexibility index (Phi) is 6.38. The number of hydrogen-bond donors (Lipinski definition) is 2. The van der Waals surface area contributed by atoms with Gasteiger partial charge in [0.15, 0.2) is 17.5 Å². The molecule has 0 aromatic heterocycles. The third-order valence-electron chi connectivity index (χ3n) is 4.23. The fraction of sp³-hybridized carbons (Fsp3) is 0.588. The number of hydrogen-bond acceptors (Lipinski definition) is 4. The molecule has 128 valence electrons. The zero-order chi connectivity index (χ0) is 16.7. The third-order valence-corrected chi connectivity index (χ3v) is 4.23. The number of rotatable bonds is 8. The van der Waals surface area contributed by atoms with E-state index in [1.807, 2.05) is 12.1 Å². The Morgan fingerprint density at radius 1 is 1.17 bits per heavy atom. The highest BCUT2D eigenvalue weighted by Gasteiger charge is 2.17. The number of methoxy groups -OCH3 is 3. The Hall–Kier alpha value is -2.11. The van der Waals surface area contributed by atoms with Gasteiger partial charge < -0.3 is 25.3 Å². The van der Waals surface area contributed by atoms with Crippen LogP contribution in [0.2, 0.25) is 0 Å². The van der Waals surface area contributed by atoms with Crippen LogP contribution in [0.1, 0.15) is 24.8 Å². The van der Waals surface area contributed by atoms with Gasteiger partial charge in [0.05, 0.1) is 21.3 Å². The number of aliphatic imine (C=N–C) groups is 1.